The van der Waals surface area contributed by atoms with Gasteiger partial charge in [0, 0.05) is 31.7 Å². The van der Waals surface area contributed by atoms with Crippen molar-refractivity contribution < 1.29 is 9.59 Å². The molecule has 0 saturated carbocycles. The molecule has 0 radical (unpaired) electrons. The van der Waals surface area contributed by atoms with E-state index in [1.54, 1.807) is 11.9 Å². The first-order chi connectivity index (χ1) is 13.1. The van der Waals surface area contributed by atoms with E-state index in [4.69, 9.17) is 0 Å². The topological polar surface area (TPSA) is 66.4 Å². The number of nitrogens with zero attached hydrogens (tertiary/aromatic N) is 4. The van der Waals surface area contributed by atoms with E-state index in [1.807, 2.05) is 23.1 Å². The molecule has 0 bridgehead atoms. The second-order valence-corrected chi connectivity index (χ2v) is 7.89. The van der Waals surface area contributed by atoms with Crippen molar-refractivity contribution >= 4 is 29.4 Å². The molecule has 1 atom stereocenters. The number of fused-ring (bicyclic) bond motifs is 1. The van der Waals surface area contributed by atoms with Gasteiger partial charge in [-0.25, -0.2) is 0 Å². The van der Waals surface area contributed by atoms with Crippen molar-refractivity contribution in [3.8, 4) is 0 Å². The van der Waals surface area contributed by atoms with Crippen molar-refractivity contribution in [2.24, 2.45) is 0 Å². The molecule has 0 N–H and O–H groups in total. The Kier molecular flexibility index (Phi) is 5.03. The Balaban J connectivity index is 1.47. The number of aryl methyl sites for hydroxylation is 1. The van der Waals surface area contributed by atoms with Crippen LogP contribution in [0, 0.1) is 0 Å². The van der Waals surface area contributed by atoms with E-state index in [0.717, 1.165) is 49.3 Å². The summed E-state index contributed by atoms with van der Waals surface area (Å²) in [5.74, 6) is -0.0257. The summed E-state index contributed by atoms with van der Waals surface area (Å²) in [5.41, 5.74) is 3.19. The predicted molar refractivity (Wildman–Crippen MR) is 105 cm³/mol. The van der Waals surface area contributed by atoms with Crippen LogP contribution in [-0.2, 0) is 6.42 Å². The number of allylic oxidation sites excluding steroid dienone is 1. The third-order valence-corrected chi connectivity index (χ3v) is 6.04. The third-order valence-electron chi connectivity index (χ3n) is 5.39. The van der Waals surface area contributed by atoms with Gasteiger partial charge in [-0.05, 0) is 60.5 Å². The van der Waals surface area contributed by atoms with Gasteiger partial charge in [0.1, 0.15) is 4.88 Å². The number of hydrogen-bond acceptors (Lipinski definition) is 5. The second-order valence-electron chi connectivity index (χ2n) is 7.10. The predicted octanol–water partition coefficient (Wildman–Crippen LogP) is 2.87. The highest BCUT2D eigenvalue weighted by atomic mass is 32.1. The van der Waals surface area contributed by atoms with E-state index in [9.17, 15) is 9.59 Å². The largest absolute Gasteiger partial charge is 0.337 e. The molecule has 2 amide bonds. The number of aromatic nitrogens is 2. The molecule has 2 aliphatic rings. The van der Waals surface area contributed by atoms with Crippen LogP contribution in [0.15, 0.2) is 30.5 Å². The lowest BCUT2D eigenvalue weighted by atomic mass is 9.94. The molecule has 2 aromatic rings. The fourth-order valence-corrected chi connectivity index (χ4v) is 4.30. The molecule has 2 heterocycles. The maximum absolute atomic E-state index is 13.0. The van der Waals surface area contributed by atoms with E-state index in [0.29, 0.717) is 11.4 Å². The summed E-state index contributed by atoms with van der Waals surface area (Å²) in [7, 11) is 1.80. The monoisotopic (exact) mass is 382 g/mol. The minimum absolute atomic E-state index is 0.0119. The quantitative estimate of drug-likeness (QED) is 0.819. The zero-order valence-corrected chi connectivity index (χ0v) is 16.1. The molecule has 0 spiro atoms. The molecule has 1 aromatic heterocycles. The first-order valence-electron chi connectivity index (χ1n) is 9.27. The molecule has 7 heteroatoms. The molecule has 1 fully saturated rings. The summed E-state index contributed by atoms with van der Waals surface area (Å²) in [6.45, 7) is 1.29. The standard InChI is InChI=1S/C20H22N4O2S/c1-23(20(26)18-12-21-22-27-18)17-7-4-10-24(13-17)19(25)16-9-8-14-5-2-3-6-15(14)11-16/h2,5,8-9,11-12,17H,3-4,6-7,10,13H2,1H3. The summed E-state index contributed by atoms with van der Waals surface area (Å²) < 4.78 is 3.76. The van der Waals surface area contributed by atoms with Crippen LogP contribution in [-0.4, -0.2) is 57.4 Å². The first-order valence-corrected chi connectivity index (χ1v) is 10.0. The van der Waals surface area contributed by atoms with E-state index in [1.165, 1.54) is 17.3 Å². The number of piperidine rings is 1. The van der Waals surface area contributed by atoms with Crippen molar-refractivity contribution in [2.45, 2.75) is 31.7 Å². The molecule has 1 saturated heterocycles. The number of rotatable bonds is 3. The van der Waals surface area contributed by atoms with Gasteiger partial charge in [0.2, 0.25) is 0 Å². The Morgan fingerprint density at radius 2 is 2.22 bits per heavy atom. The summed E-state index contributed by atoms with van der Waals surface area (Å²) in [6, 6.07) is 5.99. The number of benzene rings is 1. The third kappa shape index (κ3) is 3.64. The van der Waals surface area contributed by atoms with Gasteiger partial charge in [-0.3, -0.25) is 9.59 Å². The van der Waals surface area contributed by atoms with E-state index in [2.05, 4.69) is 21.7 Å². The van der Waals surface area contributed by atoms with Gasteiger partial charge in [0.05, 0.1) is 6.20 Å². The lowest BCUT2D eigenvalue weighted by molar-refractivity contribution is 0.0523. The van der Waals surface area contributed by atoms with E-state index >= 15 is 0 Å². The molecule has 4 rings (SSSR count). The lowest BCUT2D eigenvalue weighted by Gasteiger charge is -2.37. The van der Waals surface area contributed by atoms with Gasteiger partial charge in [0.25, 0.3) is 11.8 Å². The van der Waals surface area contributed by atoms with Gasteiger partial charge >= 0.3 is 0 Å². The molecule has 27 heavy (non-hydrogen) atoms. The van der Waals surface area contributed by atoms with Crippen LogP contribution in [0.5, 0.6) is 0 Å². The van der Waals surface area contributed by atoms with Crippen molar-refractivity contribution in [3.63, 3.8) is 0 Å². The zero-order valence-electron chi connectivity index (χ0n) is 15.3. The minimum atomic E-state index is -0.0788. The number of likely N-dealkylation sites (N-methyl/N-ethyl adjacent to an activating group) is 1. The van der Waals surface area contributed by atoms with Crippen LogP contribution in [0.4, 0.5) is 0 Å². The molecule has 6 nitrogen and oxygen atoms in total. The Hall–Kier alpha value is -2.54. The normalized spacial score (nSPS) is 18.9. The smallest absolute Gasteiger partial charge is 0.267 e. The average Bonchev–Trinajstić information content (AvgIpc) is 3.26. The maximum atomic E-state index is 13.0. The lowest BCUT2D eigenvalue weighted by Crippen LogP contribution is -2.50. The summed E-state index contributed by atoms with van der Waals surface area (Å²) in [5, 5.41) is 3.74. The van der Waals surface area contributed by atoms with Crippen molar-refractivity contribution in [2.75, 3.05) is 20.1 Å². The Labute approximate surface area is 162 Å². The van der Waals surface area contributed by atoms with Crippen molar-refractivity contribution in [1.29, 1.82) is 0 Å². The van der Waals surface area contributed by atoms with Crippen LogP contribution >= 0.6 is 11.5 Å². The zero-order chi connectivity index (χ0) is 18.8. The van der Waals surface area contributed by atoms with Gasteiger partial charge < -0.3 is 9.80 Å². The van der Waals surface area contributed by atoms with Crippen LogP contribution in [0.25, 0.3) is 6.08 Å². The molecular weight excluding hydrogens is 360 g/mol. The number of carbonyl (C=O) groups excluding carboxylic acids is 2. The minimum Gasteiger partial charge on any atom is -0.337 e. The maximum Gasteiger partial charge on any atom is 0.267 e. The second kappa shape index (κ2) is 7.60. The SMILES string of the molecule is CN(C(=O)c1cnns1)C1CCCN(C(=O)c2ccc3c(c2)CCC=C3)C1. The van der Waals surface area contributed by atoms with Crippen molar-refractivity contribution in [1.82, 2.24) is 19.4 Å². The molecular formula is C20H22N4O2S. The van der Waals surface area contributed by atoms with E-state index in [-0.39, 0.29) is 17.9 Å². The van der Waals surface area contributed by atoms with E-state index < -0.39 is 0 Å². The highest BCUT2D eigenvalue weighted by molar-refractivity contribution is 7.07. The Bertz CT molecular complexity index is 878. The number of amides is 2. The Morgan fingerprint density at radius 1 is 1.33 bits per heavy atom. The average molecular weight is 382 g/mol. The fourth-order valence-electron chi connectivity index (χ4n) is 3.81. The number of likely N-dealkylation sites (tertiary alicyclic amines) is 1. The number of hydrogen-bond donors (Lipinski definition) is 0. The van der Waals surface area contributed by atoms with Gasteiger partial charge in [-0.15, -0.1) is 5.10 Å². The number of carbonyl (C=O) groups is 2. The summed E-state index contributed by atoms with van der Waals surface area (Å²) >= 11 is 1.10. The van der Waals surface area contributed by atoms with Crippen LogP contribution < -0.4 is 0 Å². The summed E-state index contributed by atoms with van der Waals surface area (Å²) in [6.07, 6.45) is 9.58. The van der Waals surface area contributed by atoms with Crippen LogP contribution in [0.2, 0.25) is 0 Å². The van der Waals surface area contributed by atoms with Gasteiger partial charge in [0.15, 0.2) is 0 Å². The van der Waals surface area contributed by atoms with Gasteiger partial charge in [-0.1, -0.05) is 22.7 Å². The van der Waals surface area contributed by atoms with Crippen molar-refractivity contribution in [3.05, 3.63) is 52.0 Å². The van der Waals surface area contributed by atoms with Crippen LogP contribution in [0.3, 0.4) is 0 Å². The fraction of sp³-hybridized carbons (Fsp3) is 0.400. The molecule has 1 aliphatic heterocycles. The first kappa shape index (κ1) is 17.9. The molecule has 140 valence electrons. The molecule has 1 aliphatic carbocycles. The van der Waals surface area contributed by atoms with Crippen LogP contribution in [0.1, 0.15) is 50.4 Å². The highest BCUT2D eigenvalue weighted by Gasteiger charge is 2.30. The molecule has 1 unspecified atom stereocenters. The molecule has 1 aromatic carbocycles. The highest BCUT2D eigenvalue weighted by Crippen LogP contribution is 2.23. The summed E-state index contributed by atoms with van der Waals surface area (Å²) in [4.78, 5) is 29.7. The van der Waals surface area contributed by atoms with Gasteiger partial charge in [-0.2, -0.15) is 0 Å². The Morgan fingerprint density at radius 3 is 3.04 bits per heavy atom.